The minimum atomic E-state index is -3.45. The van der Waals surface area contributed by atoms with Crippen LogP contribution in [0.5, 0.6) is 0 Å². The number of hydrogen-bond acceptors (Lipinski definition) is 4. The monoisotopic (exact) mass is 349 g/mol. The van der Waals surface area contributed by atoms with E-state index >= 15 is 0 Å². The smallest absolute Gasteiger partial charge is 0.223 e. The number of aromatic nitrogens is 3. The van der Waals surface area contributed by atoms with Gasteiger partial charge < -0.3 is 0 Å². The zero-order chi connectivity index (χ0) is 17.0. The van der Waals surface area contributed by atoms with Crippen molar-refractivity contribution in [3.8, 4) is 5.69 Å². The van der Waals surface area contributed by atoms with E-state index in [0.717, 1.165) is 36.9 Å². The Bertz CT molecular complexity index is 735. The van der Waals surface area contributed by atoms with Crippen LogP contribution in [-0.4, -0.2) is 40.6 Å². The number of hydrogen-bond donors (Lipinski definition) is 1. The topological polar surface area (TPSA) is 80.1 Å². The van der Waals surface area contributed by atoms with Gasteiger partial charge >= 0.3 is 0 Å². The molecule has 1 fully saturated rings. The van der Waals surface area contributed by atoms with E-state index in [2.05, 4.69) is 14.8 Å². The Morgan fingerprint density at radius 3 is 2.33 bits per heavy atom. The molecule has 0 bridgehead atoms. The molecule has 1 N–H and O–H groups in total. The van der Waals surface area contributed by atoms with Crippen LogP contribution < -0.4 is 4.72 Å². The van der Waals surface area contributed by atoms with Crippen molar-refractivity contribution in [3.63, 3.8) is 0 Å². The minimum absolute atomic E-state index is 0.289. The lowest BCUT2D eigenvalue weighted by atomic mass is 10.1. The van der Waals surface area contributed by atoms with Crippen LogP contribution in [-0.2, 0) is 10.2 Å². The van der Waals surface area contributed by atoms with Crippen molar-refractivity contribution >= 4 is 10.2 Å². The van der Waals surface area contributed by atoms with Crippen molar-refractivity contribution in [1.82, 2.24) is 23.8 Å². The average Bonchev–Trinajstić information content (AvgIpc) is 2.96. The third-order valence-corrected chi connectivity index (χ3v) is 6.00. The van der Waals surface area contributed by atoms with Gasteiger partial charge in [-0.3, -0.25) is 0 Å². The van der Waals surface area contributed by atoms with Crippen molar-refractivity contribution in [1.29, 1.82) is 0 Å². The molecule has 0 unspecified atom stereocenters. The predicted octanol–water partition coefficient (Wildman–Crippen LogP) is 2.04. The summed E-state index contributed by atoms with van der Waals surface area (Å²) in [5.74, 6) is 0. The molecule has 1 aromatic heterocycles. The Hall–Kier alpha value is -1.77. The molecule has 0 amide bonds. The Morgan fingerprint density at radius 1 is 1.08 bits per heavy atom. The second-order valence-corrected chi connectivity index (χ2v) is 7.79. The van der Waals surface area contributed by atoms with E-state index in [1.165, 1.54) is 6.33 Å². The van der Waals surface area contributed by atoms with Crippen molar-refractivity contribution in [2.24, 2.45) is 0 Å². The van der Waals surface area contributed by atoms with Crippen LogP contribution in [0, 0.1) is 0 Å². The maximum atomic E-state index is 12.6. The van der Waals surface area contributed by atoms with E-state index in [1.807, 2.05) is 31.2 Å². The average molecular weight is 349 g/mol. The van der Waals surface area contributed by atoms with Gasteiger partial charge in [-0.05, 0) is 37.5 Å². The first kappa shape index (κ1) is 17.1. The van der Waals surface area contributed by atoms with E-state index in [4.69, 9.17) is 0 Å². The zero-order valence-electron chi connectivity index (χ0n) is 13.8. The molecule has 1 aliphatic heterocycles. The molecule has 1 saturated heterocycles. The van der Waals surface area contributed by atoms with Crippen LogP contribution in [0.4, 0.5) is 0 Å². The summed E-state index contributed by atoms with van der Waals surface area (Å²) in [4.78, 5) is 3.92. The molecule has 3 rings (SSSR count). The number of nitrogens with one attached hydrogen (secondary N) is 1. The first-order chi connectivity index (χ1) is 11.6. The molecule has 0 spiro atoms. The Morgan fingerprint density at radius 2 is 1.75 bits per heavy atom. The summed E-state index contributed by atoms with van der Waals surface area (Å²) in [7, 11) is -3.45. The lowest BCUT2D eigenvalue weighted by Gasteiger charge is -2.23. The Balaban J connectivity index is 1.68. The maximum Gasteiger partial charge on any atom is 0.279 e. The van der Waals surface area contributed by atoms with E-state index in [9.17, 15) is 8.42 Å². The van der Waals surface area contributed by atoms with Gasteiger partial charge in [0.25, 0.3) is 10.2 Å². The molecular formula is C16H23N5O2S. The molecule has 1 aromatic carbocycles. The van der Waals surface area contributed by atoms with Gasteiger partial charge in [-0.1, -0.05) is 25.0 Å². The van der Waals surface area contributed by atoms with Crippen LogP contribution in [0.25, 0.3) is 5.69 Å². The summed E-state index contributed by atoms with van der Waals surface area (Å²) in [5, 5.41) is 4.08. The summed E-state index contributed by atoms with van der Waals surface area (Å²) < 4.78 is 31.2. The zero-order valence-corrected chi connectivity index (χ0v) is 14.6. The second kappa shape index (κ2) is 7.42. The molecular weight excluding hydrogens is 326 g/mol. The summed E-state index contributed by atoms with van der Waals surface area (Å²) in [6.07, 6.45) is 7.17. The van der Waals surface area contributed by atoms with Crippen molar-refractivity contribution < 1.29 is 8.42 Å². The number of rotatable bonds is 5. The third kappa shape index (κ3) is 4.00. The van der Waals surface area contributed by atoms with Gasteiger partial charge in [0, 0.05) is 19.1 Å². The first-order valence-corrected chi connectivity index (χ1v) is 9.73. The molecule has 0 radical (unpaired) electrons. The number of nitrogens with zero attached hydrogens (tertiary/aromatic N) is 4. The van der Waals surface area contributed by atoms with Gasteiger partial charge in [-0.25, -0.2) is 9.67 Å². The van der Waals surface area contributed by atoms with E-state index in [-0.39, 0.29) is 6.04 Å². The molecule has 1 aliphatic rings. The summed E-state index contributed by atoms with van der Waals surface area (Å²) in [6, 6.07) is 7.34. The van der Waals surface area contributed by atoms with E-state index in [0.29, 0.717) is 13.1 Å². The van der Waals surface area contributed by atoms with Crippen LogP contribution >= 0.6 is 0 Å². The minimum Gasteiger partial charge on any atom is -0.223 e. The van der Waals surface area contributed by atoms with Gasteiger partial charge in [0.05, 0.1) is 5.69 Å². The van der Waals surface area contributed by atoms with Crippen molar-refractivity contribution in [2.45, 2.75) is 38.6 Å². The fourth-order valence-corrected chi connectivity index (χ4v) is 4.38. The maximum absolute atomic E-state index is 12.6. The normalized spacial score (nSPS) is 18.2. The van der Waals surface area contributed by atoms with Crippen molar-refractivity contribution in [2.75, 3.05) is 13.1 Å². The fourth-order valence-electron chi connectivity index (χ4n) is 2.91. The fraction of sp³-hybridized carbons (Fsp3) is 0.500. The van der Waals surface area contributed by atoms with Crippen LogP contribution in [0.15, 0.2) is 36.9 Å². The summed E-state index contributed by atoms with van der Waals surface area (Å²) in [6.45, 7) is 3.07. The molecule has 130 valence electrons. The summed E-state index contributed by atoms with van der Waals surface area (Å²) in [5.41, 5.74) is 1.80. The van der Waals surface area contributed by atoms with Gasteiger partial charge in [-0.2, -0.15) is 22.5 Å². The van der Waals surface area contributed by atoms with Gasteiger partial charge in [0.15, 0.2) is 0 Å². The highest BCUT2D eigenvalue weighted by molar-refractivity contribution is 7.87. The van der Waals surface area contributed by atoms with E-state index in [1.54, 1.807) is 15.3 Å². The molecule has 24 heavy (non-hydrogen) atoms. The molecule has 2 aromatic rings. The second-order valence-electron chi connectivity index (χ2n) is 6.09. The van der Waals surface area contributed by atoms with Crippen LogP contribution in [0.1, 0.15) is 44.2 Å². The molecule has 2 heterocycles. The first-order valence-electron chi connectivity index (χ1n) is 8.28. The molecule has 7 nitrogen and oxygen atoms in total. The third-order valence-electron chi connectivity index (χ3n) is 4.31. The highest BCUT2D eigenvalue weighted by Gasteiger charge is 2.24. The lowest BCUT2D eigenvalue weighted by molar-refractivity contribution is 0.410. The molecule has 0 aliphatic carbocycles. The van der Waals surface area contributed by atoms with Gasteiger partial charge in [-0.15, -0.1) is 0 Å². The van der Waals surface area contributed by atoms with E-state index < -0.39 is 10.2 Å². The summed E-state index contributed by atoms with van der Waals surface area (Å²) >= 11 is 0. The van der Waals surface area contributed by atoms with Crippen LogP contribution in [0.3, 0.4) is 0 Å². The van der Waals surface area contributed by atoms with Crippen LogP contribution in [0.2, 0.25) is 0 Å². The van der Waals surface area contributed by atoms with Gasteiger partial charge in [0.1, 0.15) is 12.7 Å². The standard InChI is InChI=1S/C16H23N5O2S/c1-14(19-24(22,23)20-10-4-2-3-5-11-20)15-6-8-16(9-7-15)21-13-17-12-18-21/h6-9,12-14,19H,2-5,10-11H2,1H3/t14-/m1/s1. The predicted molar refractivity (Wildman–Crippen MR) is 91.9 cm³/mol. The lowest BCUT2D eigenvalue weighted by Crippen LogP contribution is -2.42. The number of benzene rings is 1. The quantitative estimate of drug-likeness (QED) is 0.896. The Kier molecular flexibility index (Phi) is 5.27. The highest BCUT2D eigenvalue weighted by atomic mass is 32.2. The Labute approximate surface area is 142 Å². The highest BCUT2D eigenvalue weighted by Crippen LogP contribution is 2.18. The SMILES string of the molecule is C[C@@H](NS(=O)(=O)N1CCCCCC1)c1ccc(-n2cncn2)cc1. The van der Waals surface area contributed by atoms with Gasteiger partial charge in [0.2, 0.25) is 0 Å². The molecule has 0 saturated carbocycles. The van der Waals surface area contributed by atoms with Crippen molar-refractivity contribution in [3.05, 3.63) is 42.5 Å². The molecule has 1 atom stereocenters. The largest absolute Gasteiger partial charge is 0.279 e. The molecule has 8 heteroatoms.